The van der Waals surface area contributed by atoms with Gasteiger partial charge >= 0.3 is 35.8 Å². The van der Waals surface area contributed by atoms with Gasteiger partial charge in [-0.3, -0.25) is 42.9 Å². The fourth-order valence-electron chi connectivity index (χ4n) is 19.4. The molecule has 33 nitrogen and oxygen atoms in total. The third kappa shape index (κ3) is 17.8. The summed E-state index contributed by atoms with van der Waals surface area (Å²) in [6.45, 7) is 26.2. The van der Waals surface area contributed by atoms with Crippen molar-refractivity contribution in [2.45, 2.75) is 273 Å². The quantitative estimate of drug-likeness (QED) is 0.0261. The molecule has 9 aliphatic rings. The molecule has 0 fully saturated rings. The molecule has 0 radical (unpaired) electrons. The van der Waals surface area contributed by atoms with Gasteiger partial charge in [-0.25, -0.2) is 42.5 Å². The number of carboxylic acids is 1. The van der Waals surface area contributed by atoms with Crippen LogP contribution in [0.4, 0.5) is 13.2 Å². The van der Waals surface area contributed by atoms with Crippen molar-refractivity contribution in [1.29, 1.82) is 0 Å². The molecule has 3 aliphatic carbocycles. The zero-order chi connectivity index (χ0) is 98.1. The molecule has 6 aromatic heterocycles. The van der Waals surface area contributed by atoms with Crippen LogP contribution in [0.2, 0.25) is 0 Å². The molecule has 0 bridgehead atoms. The molecule has 0 unspecified atom stereocenters. The van der Waals surface area contributed by atoms with Crippen molar-refractivity contribution in [2.24, 2.45) is 29.2 Å². The SMILES string of the molecule is CC[C@@]1(O)C(=O)OCc2c1cc1n(c2=O)Cc2c-1nc1cc(F)c(C)c3c1c2[C@@H](N)CC3.CC[C@@]1(O)C(=O)OCc2c1cc1n(c2=O)Cc2c-1nc1cc(F)c(C)c3c1c2[C@@H](NC(=O)[C@@H](C)CCC(=O)OC(C)(C)C)CC3.CC[C@@]1(O)C(=O)OCc2c1cc1n(c2=O)Cc2c-1nc1cc(F)c(C)c3c1c2[C@@H](NC(=O)[C@@H](C)CN)CC3.CS(=O)(=O)O.C[C@@H](CCC(=O)OC(C)(C)C)C(=O)O. The lowest BCUT2D eigenvalue weighted by atomic mass is 9.81. The van der Waals surface area contributed by atoms with Gasteiger partial charge in [0.1, 0.15) is 48.5 Å². The molecule has 12 heterocycles. The Balaban J connectivity index is 0.000000148. The number of carbonyl (C=O) groups is 8. The summed E-state index contributed by atoms with van der Waals surface area (Å²) in [5, 5.41) is 50.7. The van der Waals surface area contributed by atoms with Gasteiger partial charge in [0.05, 0.1) is 111 Å². The molecule has 0 saturated carbocycles. The van der Waals surface area contributed by atoms with Gasteiger partial charge in [-0.15, -0.1) is 0 Å². The summed E-state index contributed by atoms with van der Waals surface area (Å²) in [7, 11) is -3.67. The predicted octanol–water partition coefficient (Wildman–Crippen LogP) is 10.4. The third-order valence-corrected chi connectivity index (χ3v) is 26.9. The van der Waals surface area contributed by atoms with Crippen LogP contribution in [0.3, 0.4) is 0 Å². The maximum Gasteiger partial charge on any atom is 0.343 e. The molecule has 0 saturated heterocycles. The molecule has 3 aromatic carbocycles. The molecule has 11 N–H and O–H groups in total. The van der Waals surface area contributed by atoms with Crippen LogP contribution in [0.25, 0.3) is 66.9 Å². The largest absolute Gasteiger partial charge is 0.481 e. The zero-order valence-corrected chi connectivity index (χ0v) is 78.4. The predicted molar refractivity (Wildman–Crippen MR) is 483 cm³/mol. The maximum absolute atomic E-state index is 15.2. The van der Waals surface area contributed by atoms with Gasteiger partial charge in [-0.2, -0.15) is 8.42 Å². The number of aryl methyl sites for hydroxylation is 3. The first-order valence-electron chi connectivity index (χ1n) is 44.8. The number of aliphatic carboxylic acids is 1. The molecule has 9 atom stereocenters. The zero-order valence-electron chi connectivity index (χ0n) is 77.5. The van der Waals surface area contributed by atoms with Crippen LogP contribution in [-0.4, -0.2) is 134 Å². The van der Waals surface area contributed by atoms with Crippen LogP contribution >= 0.6 is 0 Å². The Kier molecular flexibility index (Phi) is 26.6. The summed E-state index contributed by atoms with van der Waals surface area (Å²) in [5.41, 5.74) is 19.0. The second kappa shape index (κ2) is 36.3. The number of carbonyl (C=O) groups excluding carboxylic acids is 7. The minimum atomic E-state index is -3.67. The summed E-state index contributed by atoms with van der Waals surface area (Å²) >= 11 is 0. The monoisotopic (exact) mass is 1870 g/mol. The standard InChI is InChI=1S/C34H38FN3O7.C28H29FN4O5.C24H22FN3O4.C10H18O4.CH4O3S/c1-7-34(43)21-12-25-29-19(14-38(25)31(41)20(21)15-44-32(34)42)28-23(10-9-18-17(3)22(35)13-24(36-29)27(18)28)37-30(40)16(2)8-11-26(39)45-33(4,5)6;1-4-28(37)17-7-21-24-15(10-33(21)26(35)16(17)11-38-27(28)36)23-19(32-25(34)12(2)9-30)6-5-14-13(3)18(29)8-20(31-24)22(14)23;1-3-24(31)14-6-18-21-12(8-28(18)22(29)13(14)9-32-23(24)30)19-16(26)5-4-11-10(2)15(25)7-17(27-21)20(11)19;1-7(9(12)13)5-6-8(11)14-10(2,3)4;1-5(2,3)4/h12-13,16,23,43H,7-11,14-15H2,1-6H3,(H,37,40);7-8,12,19,37H,4-6,9-11,30H2,1-3H3,(H,32,34);6-7,16,31H,3-5,8-9,26H2,1-2H3;7H,5-6H2,1-4H3,(H,12,13);1H3,(H,2,3,4)/t16-,23-,34-;12-,19-,28-;16-,24-;7-;/m0000./s1. The highest BCUT2D eigenvalue weighted by molar-refractivity contribution is 7.85. The van der Waals surface area contributed by atoms with E-state index >= 15 is 4.39 Å². The summed E-state index contributed by atoms with van der Waals surface area (Å²) in [5.74, 6) is -6.79. The molecule has 37 heteroatoms. The Morgan fingerprint density at radius 3 is 1.11 bits per heavy atom. The highest BCUT2D eigenvalue weighted by Crippen LogP contribution is 2.51. The molecule has 18 rings (SSSR count). The van der Waals surface area contributed by atoms with Gasteiger partial charge < -0.3 is 79.9 Å². The van der Waals surface area contributed by atoms with E-state index in [2.05, 4.69) is 10.6 Å². The molecule has 2 amide bonds. The Morgan fingerprint density at radius 2 is 0.806 bits per heavy atom. The van der Waals surface area contributed by atoms with Crippen molar-refractivity contribution in [3.05, 3.63) is 185 Å². The number of aromatic nitrogens is 6. The second-order valence-corrected chi connectivity index (χ2v) is 39.5. The Labute approximate surface area is 768 Å². The number of halogens is 3. The smallest absolute Gasteiger partial charge is 0.343 e. The number of pyridine rings is 6. The van der Waals surface area contributed by atoms with Crippen LogP contribution in [0.5, 0.6) is 0 Å². The van der Waals surface area contributed by atoms with E-state index < -0.39 is 91.3 Å². The highest BCUT2D eigenvalue weighted by Gasteiger charge is 2.50. The number of ether oxygens (including phenoxy) is 5. The summed E-state index contributed by atoms with van der Waals surface area (Å²) < 4.78 is 101. The average Bonchev–Trinajstić information content (AvgIpc) is 1.54. The van der Waals surface area contributed by atoms with Crippen LogP contribution in [0.1, 0.15) is 266 Å². The number of aliphatic hydroxyl groups is 3. The molecule has 6 aliphatic heterocycles. The average molecular weight is 1870 g/mol. The van der Waals surface area contributed by atoms with E-state index in [1.54, 1.807) is 136 Å². The Bertz CT molecular complexity index is 6850. The van der Waals surface area contributed by atoms with Crippen LogP contribution in [0, 0.1) is 56.0 Å². The van der Waals surface area contributed by atoms with Gasteiger partial charge in [0.2, 0.25) is 11.8 Å². The number of carboxylic acid groups (broad SMARTS) is 1. The summed E-state index contributed by atoms with van der Waals surface area (Å²) in [6.07, 6.45) is 5.25. The lowest BCUT2D eigenvalue weighted by molar-refractivity contribution is -0.172. The number of hydrogen-bond donors (Lipinski definition) is 9. The van der Waals surface area contributed by atoms with Crippen LogP contribution < -0.4 is 38.8 Å². The van der Waals surface area contributed by atoms with E-state index in [9.17, 15) is 85.3 Å². The van der Waals surface area contributed by atoms with Gasteiger partial charge in [0.15, 0.2) is 16.8 Å². The van der Waals surface area contributed by atoms with Gasteiger partial charge in [-0.05, 0) is 201 Å². The van der Waals surface area contributed by atoms with E-state index in [0.29, 0.717) is 125 Å². The number of hydrogen-bond acceptors (Lipinski definition) is 26. The molecule has 134 heavy (non-hydrogen) atoms. The van der Waals surface area contributed by atoms with Crippen molar-refractivity contribution in [3.8, 4) is 34.2 Å². The Morgan fingerprint density at radius 1 is 0.507 bits per heavy atom. The number of nitrogens with zero attached hydrogens (tertiary/aromatic N) is 6. The van der Waals surface area contributed by atoms with Gasteiger partial charge in [-0.1, -0.05) is 41.5 Å². The number of nitrogens with two attached hydrogens (primary N) is 2. The third-order valence-electron chi connectivity index (χ3n) is 26.9. The van der Waals surface area contributed by atoms with Gasteiger partial charge in [0, 0.05) is 105 Å². The molecule has 0 spiro atoms. The minimum Gasteiger partial charge on any atom is -0.481 e. The van der Waals surface area contributed by atoms with E-state index in [1.807, 2.05) is 0 Å². The number of nitrogens with one attached hydrogen (secondary N) is 2. The molecule has 9 aromatic rings. The first-order valence-corrected chi connectivity index (χ1v) is 46.7. The number of rotatable bonds is 15. The second-order valence-electron chi connectivity index (χ2n) is 38.0. The van der Waals surface area contributed by atoms with E-state index in [-0.39, 0.29) is 176 Å². The van der Waals surface area contributed by atoms with E-state index in [0.717, 1.165) is 66.2 Å². The number of amides is 2. The van der Waals surface area contributed by atoms with Crippen molar-refractivity contribution >= 4 is 90.5 Å². The highest BCUT2D eigenvalue weighted by atomic mass is 32.2. The Hall–Kier alpha value is -12.0. The van der Waals surface area contributed by atoms with Crippen molar-refractivity contribution in [3.63, 3.8) is 0 Å². The number of cyclic esters (lactones) is 3. The van der Waals surface area contributed by atoms with Crippen molar-refractivity contribution in [1.82, 2.24) is 39.3 Å². The van der Waals surface area contributed by atoms with E-state index in [4.69, 9.17) is 59.8 Å². The minimum absolute atomic E-state index is 0.0129. The van der Waals surface area contributed by atoms with Crippen LogP contribution in [0.15, 0.2) is 50.8 Å². The first kappa shape index (κ1) is 98.0. The molecular formula is C97H111F3N10O23S. The summed E-state index contributed by atoms with van der Waals surface area (Å²) in [4.78, 5) is 153. The first-order chi connectivity index (χ1) is 62.7. The fraction of sp³-hybridized carbons (Fsp3) is 0.485. The molecule has 714 valence electrons. The maximum atomic E-state index is 15.2. The lowest BCUT2D eigenvalue weighted by Crippen LogP contribution is -2.44. The lowest BCUT2D eigenvalue weighted by Gasteiger charge is -2.31. The number of fused-ring (bicyclic) bond motifs is 15. The number of benzene rings is 3. The van der Waals surface area contributed by atoms with Crippen molar-refractivity contribution < 1.29 is 109 Å². The topological polar surface area (TPSA) is 499 Å². The molecular weight excluding hydrogens is 1760 g/mol. The summed E-state index contributed by atoms with van der Waals surface area (Å²) in [6, 6.07) is 8.06. The van der Waals surface area contributed by atoms with Gasteiger partial charge in [0.25, 0.3) is 26.8 Å². The normalized spacial score (nSPS) is 20.5. The fourth-order valence-corrected chi connectivity index (χ4v) is 19.4. The van der Waals surface area contributed by atoms with Crippen molar-refractivity contribution in [2.75, 3.05) is 12.8 Å². The van der Waals surface area contributed by atoms with Crippen LogP contribution in [-0.2, 0) is 148 Å². The van der Waals surface area contributed by atoms with E-state index in [1.165, 1.54) is 18.2 Å². The number of esters is 5.